The van der Waals surface area contributed by atoms with Gasteiger partial charge in [-0.25, -0.2) is 0 Å². The zero-order valence-electron chi connectivity index (χ0n) is 10.1. The minimum atomic E-state index is -0.344. The Kier molecular flexibility index (Phi) is 4.49. The first-order valence-electron chi connectivity index (χ1n) is 5.44. The molecule has 0 radical (unpaired) electrons. The van der Waals surface area contributed by atoms with Gasteiger partial charge in [-0.1, -0.05) is 6.92 Å². The lowest BCUT2D eigenvalue weighted by molar-refractivity contribution is 0.214. The Morgan fingerprint density at radius 1 is 1.25 bits per heavy atom. The smallest absolute Gasteiger partial charge is 0.235 e. The number of ether oxygens (including phenoxy) is 2. The molecule has 0 saturated heterocycles. The molecule has 0 aliphatic rings. The molecule has 0 saturated carbocycles. The quantitative estimate of drug-likeness (QED) is 0.792. The van der Waals surface area contributed by atoms with Gasteiger partial charge in [0.15, 0.2) is 0 Å². The molecule has 1 aromatic rings. The average molecular weight is 225 g/mol. The van der Waals surface area contributed by atoms with Crippen LogP contribution >= 0.6 is 0 Å². The molecular weight excluding hydrogens is 206 g/mol. The summed E-state index contributed by atoms with van der Waals surface area (Å²) in [5.74, 6) is 0.909. The molecule has 1 unspecified atom stereocenters. The lowest BCUT2D eigenvalue weighted by Gasteiger charge is -2.22. The van der Waals surface area contributed by atoms with E-state index in [4.69, 9.17) is 15.2 Å². The highest BCUT2D eigenvalue weighted by atomic mass is 16.5. The first-order valence-corrected chi connectivity index (χ1v) is 5.44. The molecule has 5 nitrogen and oxygen atoms in total. The lowest BCUT2D eigenvalue weighted by Crippen LogP contribution is -2.41. The second kappa shape index (κ2) is 5.65. The maximum absolute atomic E-state index is 5.96. The molecule has 1 rings (SSSR count). The number of nitrogens with zero attached hydrogens (tertiary/aromatic N) is 2. The molecule has 90 valence electrons. The fourth-order valence-corrected chi connectivity index (χ4v) is 0.959. The van der Waals surface area contributed by atoms with E-state index in [9.17, 15) is 0 Å². The van der Waals surface area contributed by atoms with Crippen LogP contribution in [0.15, 0.2) is 12.4 Å². The third-order valence-corrected chi connectivity index (χ3v) is 2.24. The van der Waals surface area contributed by atoms with Crippen molar-refractivity contribution in [2.75, 3.05) is 13.2 Å². The summed E-state index contributed by atoms with van der Waals surface area (Å²) in [6, 6.07) is 0. The van der Waals surface area contributed by atoms with E-state index in [1.807, 2.05) is 20.8 Å². The summed E-state index contributed by atoms with van der Waals surface area (Å²) in [7, 11) is 0. The van der Waals surface area contributed by atoms with Crippen molar-refractivity contribution in [1.29, 1.82) is 0 Å². The lowest BCUT2D eigenvalue weighted by atomic mass is 10.0. The van der Waals surface area contributed by atoms with E-state index < -0.39 is 0 Å². The predicted octanol–water partition coefficient (Wildman–Crippen LogP) is 1.38. The maximum atomic E-state index is 5.96. The van der Waals surface area contributed by atoms with Crippen LogP contribution in [-0.2, 0) is 0 Å². The van der Waals surface area contributed by atoms with E-state index in [1.165, 1.54) is 0 Å². The van der Waals surface area contributed by atoms with Gasteiger partial charge < -0.3 is 15.2 Å². The average Bonchev–Trinajstić information content (AvgIpc) is 2.28. The number of hydrogen-bond acceptors (Lipinski definition) is 5. The van der Waals surface area contributed by atoms with Gasteiger partial charge >= 0.3 is 0 Å². The molecule has 1 heterocycles. The number of rotatable bonds is 6. The van der Waals surface area contributed by atoms with Crippen molar-refractivity contribution in [1.82, 2.24) is 9.97 Å². The van der Waals surface area contributed by atoms with Gasteiger partial charge in [0.1, 0.15) is 6.61 Å². The Balaban J connectivity index is 2.57. The van der Waals surface area contributed by atoms with Crippen LogP contribution < -0.4 is 15.2 Å². The van der Waals surface area contributed by atoms with Gasteiger partial charge in [0.05, 0.1) is 19.0 Å². The molecule has 0 aromatic carbocycles. The van der Waals surface area contributed by atoms with Crippen LogP contribution in [0, 0.1) is 0 Å². The van der Waals surface area contributed by atoms with Crippen LogP contribution in [0.4, 0.5) is 0 Å². The van der Waals surface area contributed by atoms with Crippen molar-refractivity contribution in [3.63, 3.8) is 0 Å². The van der Waals surface area contributed by atoms with E-state index in [0.717, 1.165) is 6.42 Å². The topological polar surface area (TPSA) is 70.3 Å². The van der Waals surface area contributed by atoms with Gasteiger partial charge in [-0.05, 0) is 20.3 Å². The van der Waals surface area contributed by atoms with Gasteiger partial charge in [0.25, 0.3) is 0 Å². The predicted molar refractivity (Wildman–Crippen MR) is 61.6 cm³/mol. The summed E-state index contributed by atoms with van der Waals surface area (Å²) in [6.45, 7) is 6.82. The van der Waals surface area contributed by atoms with Crippen LogP contribution in [0.3, 0.4) is 0 Å². The van der Waals surface area contributed by atoms with Gasteiger partial charge in [-0.2, -0.15) is 4.98 Å². The summed E-state index contributed by atoms with van der Waals surface area (Å²) in [4.78, 5) is 8.11. The Morgan fingerprint density at radius 2 is 1.88 bits per heavy atom. The Labute approximate surface area is 96.0 Å². The van der Waals surface area contributed by atoms with Crippen LogP contribution in [0.5, 0.6) is 11.8 Å². The van der Waals surface area contributed by atoms with E-state index in [1.54, 1.807) is 12.4 Å². The molecule has 16 heavy (non-hydrogen) atoms. The molecule has 1 aromatic heterocycles. The summed E-state index contributed by atoms with van der Waals surface area (Å²) in [5.41, 5.74) is 5.61. The third kappa shape index (κ3) is 4.02. The number of hydrogen-bond donors (Lipinski definition) is 1. The van der Waals surface area contributed by atoms with Crippen LogP contribution in [0.25, 0.3) is 0 Å². The SMILES string of the molecule is CCOc1cncc(OCC(C)(N)CC)n1. The maximum Gasteiger partial charge on any atom is 0.235 e. The van der Waals surface area contributed by atoms with Gasteiger partial charge in [0.2, 0.25) is 11.8 Å². The molecule has 0 spiro atoms. The molecule has 5 heteroatoms. The van der Waals surface area contributed by atoms with Crippen molar-refractivity contribution in [3.8, 4) is 11.8 Å². The Bertz CT molecular complexity index is 329. The number of aromatic nitrogens is 2. The van der Waals surface area contributed by atoms with Crippen molar-refractivity contribution >= 4 is 0 Å². The molecule has 0 fully saturated rings. The molecule has 2 N–H and O–H groups in total. The van der Waals surface area contributed by atoms with Crippen LogP contribution in [0.1, 0.15) is 27.2 Å². The van der Waals surface area contributed by atoms with Crippen LogP contribution in [-0.4, -0.2) is 28.7 Å². The van der Waals surface area contributed by atoms with Crippen LogP contribution in [0.2, 0.25) is 0 Å². The normalized spacial score (nSPS) is 14.2. The highest BCUT2D eigenvalue weighted by molar-refractivity contribution is 5.12. The summed E-state index contributed by atoms with van der Waals surface area (Å²) < 4.78 is 10.7. The van der Waals surface area contributed by atoms with E-state index in [2.05, 4.69) is 9.97 Å². The van der Waals surface area contributed by atoms with Crippen molar-refractivity contribution in [3.05, 3.63) is 12.4 Å². The minimum Gasteiger partial charge on any atom is -0.477 e. The van der Waals surface area contributed by atoms with Crippen molar-refractivity contribution in [2.45, 2.75) is 32.7 Å². The highest BCUT2D eigenvalue weighted by Crippen LogP contribution is 2.13. The molecule has 0 aliphatic carbocycles. The summed E-state index contributed by atoms with van der Waals surface area (Å²) >= 11 is 0. The minimum absolute atomic E-state index is 0.344. The summed E-state index contributed by atoms with van der Waals surface area (Å²) in [5, 5.41) is 0. The zero-order valence-corrected chi connectivity index (χ0v) is 10.1. The first kappa shape index (κ1) is 12.7. The largest absolute Gasteiger partial charge is 0.477 e. The van der Waals surface area contributed by atoms with E-state index in [-0.39, 0.29) is 5.54 Å². The molecule has 0 bridgehead atoms. The van der Waals surface area contributed by atoms with Gasteiger partial charge in [0, 0.05) is 5.54 Å². The molecule has 0 aliphatic heterocycles. The van der Waals surface area contributed by atoms with Crippen molar-refractivity contribution < 1.29 is 9.47 Å². The summed E-state index contributed by atoms with van der Waals surface area (Å²) in [6.07, 6.45) is 3.94. The molecule has 1 atom stereocenters. The zero-order chi connectivity index (χ0) is 12.0. The first-order chi connectivity index (χ1) is 7.57. The Hall–Kier alpha value is -1.36. The van der Waals surface area contributed by atoms with Gasteiger partial charge in [-0.15, -0.1) is 0 Å². The second-order valence-electron chi connectivity index (χ2n) is 3.92. The molecular formula is C11H19N3O2. The van der Waals surface area contributed by atoms with E-state index in [0.29, 0.717) is 25.0 Å². The van der Waals surface area contributed by atoms with Crippen molar-refractivity contribution in [2.24, 2.45) is 5.73 Å². The molecule has 0 amide bonds. The third-order valence-electron chi connectivity index (χ3n) is 2.24. The van der Waals surface area contributed by atoms with Gasteiger partial charge in [-0.3, -0.25) is 4.98 Å². The monoisotopic (exact) mass is 225 g/mol. The fourth-order valence-electron chi connectivity index (χ4n) is 0.959. The fraction of sp³-hybridized carbons (Fsp3) is 0.636. The number of nitrogens with two attached hydrogens (primary N) is 1. The van der Waals surface area contributed by atoms with E-state index >= 15 is 0 Å². The Morgan fingerprint density at radius 3 is 2.44 bits per heavy atom. The highest BCUT2D eigenvalue weighted by Gasteiger charge is 2.16. The second-order valence-corrected chi connectivity index (χ2v) is 3.92. The standard InChI is InChI=1S/C11H19N3O2/c1-4-11(3,12)8-16-10-7-13-6-9(14-10)15-5-2/h6-7H,4-5,8,12H2,1-3H3.